The molecule has 2 heterocycles. The molecule has 170 valence electrons. The van der Waals surface area contributed by atoms with E-state index in [1.165, 1.54) is 17.8 Å². The monoisotopic (exact) mass is 495 g/mol. The van der Waals surface area contributed by atoms with Crippen molar-refractivity contribution in [2.45, 2.75) is 17.7 Å². The summed E-state index contributed by atoms with van der Waals surface area (Å²) < 4.78 is 5.78. The number of thioether (sulfide) groups is 1. The van der Waals surface area contributed by atoms with Crippen molar-refractivity contribution in [3.8, 4) is 0 Å². The van der Waals surface area contributed by atoms with E-state index in [1.807, 2.05) is 12.1 Å². The van der Waals surface area contributed by atoms with Crippen molar-refractivity contribution in [1.29, 1.82) is 0 Å². The Hall–Kier alpha value is -2.10. The normalized spacial score (nSPS) is 16.9. The number of nitrogens with zero attached hydrogens (tertiary/aromatic N) is 2. The number of carboxylic acid groups (broad SMARTS) is 1. The molecule has 0 bridgehead atoms. The van der Waals surface area contributed by atoms with E-state index in [2.05, 4.69) is 15.2 Å². The number of carboxylic acids is 1. The van der Waals surface area contributed by atoms with Gasteiger partial charge in [0.25, 0.3) is 0 Å². The van der Waals surface area contributed by atoms with Crippen LogP contribution in [0.4, 0.5) is 0 Å². The van der Waals surface area contributed by atoms with Gasteiger partial charge in [-0.1, -0.05) is 47.1 Å². The molecule has 1 aliphatic rings. The van der Waals surface area contributed by atoms with Crippen LogP contribution in [0.15, 0.2) is 47.6 Å². The number of pyridine rings is 1. The summed E-state index contributed by atoms with van der Waals surface area (Å²) in [6.07, 6.45) is 4.00. The van der Waals surface area contributed by atoms with Crippen molar-refractivity contribution in [2.24, 2.45) is 0 Å². The van der Waals surface area contributed by atoms with Crippen molar-refractivity contribution in [2.75, 3.05) is 32.0 Å². The highest BCUT2D eigenvalue weighted by Gasteiger charge is 2.21. The summed E-state index contributed by atoms with van der Waals surface area (Å²) in [5, 5.41) is 13.3. The largest absolute Gasteiger partial charge is 0.478 e. The zero-order chi connectivity index (χ0) is 22.9. The summed E-state index contributed by atoms with van der Waals surface area (Å²) >= 11 is 13.4. The molecule has 2 N–H and O–H groups in total. The van der Waals surface area contributed by atoms with Gasteiger partial charge in [-0.05, 0) is 35.4 Å². The number of hydrogen-bond donors (Lipinski definition) is 2. The molecule has 1 amide bonds. The number of rotatable bonds is 9. The molecular weight excluding hydrogens is 473 g/mol. The third-order valence-electron chi connectivity index (χ3n) is 4.67. The predicted molar refractivity (Wildman–Crippen MR) is 126 cm³/mol. The molecule has 1 atom stereocenters. The van der Waals surface area contributed by atoms with E-state index in [0.717, 1.165) is 24.7 Å². The van der Waals surface area contributed by atoms with Crippen molar-refractivity contribution in [1.82, 2.24) is 15.2 Å². The van der Waals surface area contributed by atoms with Gasteiger partial charge in [-0.3, -0.25) is 9.69 Å². The van der Waals surface area contributed by atoms with Crippen molar-refractivity contribution in [3.05, 3.63) is 63.8 Å². The van der Waals surface area contributed by atoms with Gasteiger partial charge in [-0.25, -0.2) is 9.78 Å². The van der Waals surface area contributed by atoms with Crippen LogP contribution in [-0.2, 0) is 20.9 Å². The van der Waals surface area contributed by atoms with E-state index < -0.39 is 5.97 Å². The fourth-order valence-corrected chi connectivity index (χ4v) is 4.10. The number of hydrogen-bond acceptors (Lipinski definition) is 6. The Labute approximate surface area is 200 Å². The number of nitrogens with one attached hydrogen (secondary N) is 1. The van der Waals surface area contributed by atoms with Gasteiger partial charge in [0.15, 0.2) is 0 Å². The Balaban J connectivity index is 1.39. The highest BCUT2D eigenvalue weighted by atomic mass is 35.5. The number of carbonyl (C=O) groups is 2. The molecule has 1 aromatic carbocycles. The van der Waals surface area contributed by atoms with Crippen LogP contribution in [0, 0.1) is 0 Å². The van der Waals surface area contributed by atoms with E-state index >= 15 is 0 Å². The molecule has 1 unspecified atom stereocenters. The lowest BCUT2D eigenvalue weighted by Gasteiger charge is -2.33. The van der Waals surface area contributed by atoms with Crippen LogP contribution in [0.3, 0.4) is 0 Å². The van der Waals surface area contributed by atoms with Gasteiger partial charge in [0.05, 0.1) is 33.5 Å². The van der Waals surface area contributed by atoms with Crippen LogP contribution in [0.2, 0.25) is 10.0 Å². The van der Waals surface area contributed by atoms with Gasteiger partial charge in [-0.15, -0.1) is 0 Å². The Morgan fingerprint density at radius 1 is 1.28 bits per heavy atom. The first-order valence-electron chi connectivity index (χ1n) is 9.93. The molecule has 7 nitrogen and oxygen atoms in total. The minimum atomic E-state index is -1.01. The molecule has 1 aromatic heterocycles. The van der Waals surface area contributed by atoms with E-state index in [1.54, 1.807) is 24.4 Å². The fourth-order valence-electron chi connectivity index (χ4n) is 3.11. The van der Waals surface area contributed by atoms with Crippen LogP contribution in [0.1, 0.15) is 11.1 Å². The number of amides is 1. The number of benzene rings is 1. The minimum Gasteiger partial charge on any atom is -0.478 e. The summed E-state index contributed by atoms with van der Waals surface area (Å²) in [7, 11) is 0. The van der Waals surface area contributed by atoms with Gasteiger partial charge in [0.2, 0.25) is 5.91 Å². The maximum absolute atomic E-state index is 12.2. The fraction of sp³-hybridized carbons (Fsp3) is 0.318. The third-order valence-corrected chi connectivity index (χ3v) is 6.35. The van der Waals surface area contributed by atoms with Gasteiger partial charge < -0.3 is 15.2 Å². The van der Waals surface area contributed by atoms with Crippen molar-refractivity contribution < 1.29 is 19.4 Å². The molecule has 10 heteroatoms. The SMILES string of the molecule is O=C(O)C=Cc1ccc(SCC(=O)NCC2CN(Cc3ccc(Cl)c(Cl)c3)CCO2)nc1. The minimum absolute atomic E-state index is 0.0843. The van der Waals surface area contributed by atoms with Gasteiger partial charge >= 0.3 is 5.97 Å². The molecule has 1 aliphatic heterocycles. The highest BCUT2D eigenvalue weighted by Crippen LogP contribution is 2.23. The highest BCUT2D eigenvalue weighted by molar-refractivity contribution is 7.99. The lowest BCUT2D eigenvalue weighted by atomic mass is 10.2. The molecule has 1 fully saturated rings. The van der Waals surface area contributed by atoms with Crippen molar-refractivity contribution in [3.63, 3.8) is 0 Å². The Morgan fingerprint density at radius 3 is 2.84 bits per heavy atom. The molecule has 2 aromatic rings. The maximum atomic E-state index is 12.2. The maximum Gasteiger partial charge on any atom is 0.328 e. The lowest BCUT2D eigenvalue weighted by molar-refractivity contribution is -0.131. The van der Waals surface area contributed by atoms with Crippen LogP contribution in [-0.4, -0.2) is 65.0 Å². The zero-order valence-electron chi connectivity index (χ0n) is 17.2. The van der Waals surface area contributed by atoms with E-state index in [4.69, 9.17) is 33.0 Å². The average Bonchev–Trinajstić information content (AvgIpc) is 2.78. The first-order chi connectivity index (χ1) is 15.4. The third kappa shape index (κ3) is 8.11. The number of carbonyl (C=O) groups excluding carboxylic acids is 1. The topological polar surface area (TPSA) is 91.8 Å². The molecule has 0 radical (unpaired) electrons. The van der Waals surface area contributed by atoms with E-state index in [9.17, 15) is 9.59 Å². The Morgan fingerprint density at radius 2 is 2.12 bits per heavy atom. The standard InChI is InChI=1S/C22H23Cl2N3O4S/c23-18-4-1-16(9-19(18)24)12-27-7-8-31-17(13-27)11-25-20(28)14-32-21-5-2-15(10-26-21)3-6-22(29)30/h1-6,9-10,17H,7-8,11-14H2,(H,25,28)(H,29,30). The van der Waals surface area contributed by atoms with Gasteiger partial charge in [-0.2, -0.15) is 0 Å². The zero-order valence-corrected chi connectivity index (χ0v) is 19.5. The summed E-state index contributed by atoms with van der Waals surface area (Å²) in [6.45, 7) is 3.29. The number of halogens is 2. The summed E-state index contributed by atoms with van der Waals surface area (Å²) in [5.41, 5.74) is 1.76. The molecule has 0 aliphatic carbocycles. The van der Waals surface area contributed by atoms with Crippen LogP contribution in [0.25, 0.3) is 6.08 Å². The Kier molecular flexibility index (Phi) is 9.37. The lowest BCUT2D eigenvalue weighted by Crippen LogP contribution is -2.47. The Bertz CT molecular complexity index is 972. The van der Waals surface area contributed by atoms with E-state index in [-0.39, 0.29) is 17.8 Å². The predicted octanol–water partition coefficient (Wildman–Crippen LogP) is 3.60. The number of aromatic nitrogens is 1. The second-order valence-electron chi connectivity index (χ2n) is 7.17. The number of ether oxygens (including phenoxy) is 1. The smallest absolute Gasteiger partial charge is 0.328 e. The first-order valence-corrected chi connectivity index (χ1v) is 11.7. The van der Waals surface area contributed by atoms with Crippen LogP contribution in [0.5, 0.6) is 0 Å². The number of aliphatic carboxylic acids is 1. The molecule has 3 rings (SSSR count). The van der Waals surface area contributed by atoms with E-state index in [0.29, 0.717) is 40.3 Å². The second kappa shape index (κ2) is 12.2. The van der Waals surface area contributed by atoms with Crippen molar-refractivity contribution >= 4 is 52.9 Å². The molecule has 0 saturated carbocycles. The summed E-state index contributed by atoms with van der Waals surface area (Å²) in [4.78, 5) is 29.2. The molecule has 0 spiro atoms. The molecule has 32 heavy (non-hydrogen) atoms. The second-order valence-corrected chi connectivity index (χ2v) is 8.98. The summed E-state index contributed by atoms with van der Waals surface area (Å²) in [5.74, 6) is -0.881. The average molecular weight is 496 g/mol. The summed E-state index contributed by atoms with van der Waals surface area (Å²) in [6, 6.07) is 9.14. The molecular formula is C22H23Cl2N3O4S. The molecule has 1 saturated heterocycles. The van der Waals surface area contributed by atoms with Crippen LogP contribution >= 0.6 is 35.0 Å². The number of morpholine rings is 1. The quantitative estimate of drug-likeness (QED) is 0.405. The van der Waals surface area contributed by atoms with Gasteiger partial charge in [0, 0.05) is 38.5 Å². The van der Waals surface area contributed by atoms with Gasteiger partial charge in [0.1, 0.15) is 0 Å². The van der Waals surface area contributed by atoms with Crippen LogP contribution < -0.4 is 5.32 Å². The first kappa shape index (κ1) is 24.5.